The number of halogens is 3. The minimum atomic E-state index is -4.39. The van der Waals surface area contributed by atoms with E-state index in [0.29, 0.717) is 23.8 Å². The Bertz CT molecular complexity index is 1440. The number of alkyl halides is 3. The Kier molecular flexibility index (Phi) is 6.17. The van der Waals surface area contributed by atoms with Crippen molar-refractivity contribution in [2.75, 3.05) is 5.32 Å². The summed E-state index contributed by atoms with van der Waals surface area (Å²) >= 11 is 0. The largest absolute Gasteiger partial charge is 0.416 e. The van der Waals surface area contributed by atoms with Crippen LogP contribution in [0, 0.1) is 24.2 Å². The molecule has 0 saturated heterocycles. The maximum atomic E-state index is 13.1. The number of nitrogens with one attached hydrogen (secondary N) is 1. The molecule has 1 saturated carbocycles. The molecule has 8 heteroatoms. The van der Waals surface area contributed by atoms with E-state index < -0.39 is 11.7 Å². The smallest absolute Gasteiger partial charge is 0.365 e. The maximum absolute atomic E-state index is 13.1. The molecule has 184 valence electrons. The van der Waals surface area contributed by atoms with E-state index in [4.69, 9.17) is 0 Å². The molecule has 1 atom stereocenters. The number of nitriles is 1. The van der Waals surface area contributed by atoms with Gasteiger partial charge in [-0.2, -0.15) is 23.4 Å². The first-order valence-corrected chi connectivity index (χ1v) is 12.0. The van der Waals surface area contributed by atoms with Crippen molar-refractivity contribution in [2.24, 2.45) is 5.92 Å². The quantitative estimate of drug-likeness (QED) is 0.318. The van der Waals surface area contributed by atoms with Crippen LogP contribution in [-0.2, 0) is 12.7 Å². The van der Waals surface area contributed by atoms with E-state index in [-0.39, 0.29) is 11.9 Å². The number of anilines is 1. The predicted molar refractivity (Wildman–Crippen MR) is 133 cm³/mol. The molecule has 0 bridgehead atoms. The lowest BCUT2D eigenvalue weighted by molar-refractivity contribution is -0.137. The van der Waals surface area contributed by atoms with Crippen LogP contribution in [0.15, 0.2) is 54.6 Å². The number of hydrogen-bond donors (Lipinski definition) is 1. The highest BCUT2D eigenvalue weighted by Gasteiger charge is 2.30. The standard InChI is InChI=1S/C28H26F3N5/c1-17-5-3-8-21(13-17)24-14-23-26(36(24)16-19-9-11-22(12-10-19)28(29,30)31)27(35-25(15-32)34-23)33-18(2)20-6-4-7-20/h3,5,8-14,18,20H,4,6-7,16H2,1-2H3,(H,33,34,35)/t18-/m1/s1. The Morgan fingerprint density at radius 2 is 1.86 bits per heavy atom. The van der Waals surface area contributed by atoms with Crippen LogP contribution < -0.4 is 5.32 Å². The van der Waals surface area contributed by atoms with Crippen LogP contribution in [0.2, 0.25) is 0 Å². The average Bonchev–Trinajstić information content (AvgIpc) is 3.16. The Labute approximate surface area is 207 Å². The molecule has 2 heterocycles. The first-order chi connectivity index (χ1) is 17.2. The summed E-state index contributed by atoms with van der Waals surface area (Å²) in [5.41, 5.74) is 4.29. The molecule has 1 aliphatic rings. The van der Waals surface area contributed by atoms with Gasteiger partial charge in [0.1, 0.15) is 11.6 Å². The van der Waals surface area contributed by atoms with Gasteiger partial charge in [0.05, 0.1) is 16.8 Å². The fraction of sp³-hybridized carbons (Fsp3) is 0.321. The van der Waals surface area contributed by atoms with Crippen molar-refractivity contribution in [1.29, 1.82) is 5.26 Å². The number of benzene rings is 2. The van der Waals surface area contributed by atoms with Gasteiger partial charge < -0.3 is 9.88 Å². The van der Waals surface area contributed by atoms with Crippen LogP contribution in [0.3, 0.4) is 0 Å². The first kappa shape index (κ1) is 23.9. The average molecular weight is 490 g/mol. The lowest BCUT2D eigenvalue weighted by Crippen LogP contribution is -2.31. The first-order valence-electron chi connectivity index (χ1n) is 12.0. The number of aryl methyl sites for hydroxylation is 1. The minimum Gasteiger partial charge on any atom is -0.365 e. The summed E-state index contributed by atoms with van der Waals surface area (Å²) in [7, 11) is 0. The molecule has 2 aromatic carbocycles. The third-order valence-electron chi connectivity index (χ3n) is 7.00. The number of aromatic nitrogens is 3. The van der Waals surface area contributed by atoms with Crippen molar-refractivity contribution in [3.05, 3.63) is 77.1 Å². The van der Waals surface area contributed by atoms with E-state index in [1.807, 2.05) is 35.8 Å². The van der Waals surface area contributed by atoms with Crippen LogP contribution in [0.25, 0.3) is 22.3 Å². The van der Waals surface area contributed by atoms with Gasteiger partial charge in [-0.15, -0.1) is 0 Å². The van der Waals surface area contributed by atoms with Crippen LogP contribution in [0.5, 0.6) is 0 Å². The van der Waals surface area contributed by atoms with Crippen molar-refractivity contribution >= 4 is 16.9 Å². The SMILES string of the molecule is Cc1cccc(-c2cc3nc(C#N)nc(N[C@H](C)C4CCC4)c3n2Cc2ccc(C(F)(F)F)cc2)c1. The second-order valence-corrected chi connectivity index (χ2v) is 9.55. The molecule has 2 aromatic heterocycles. The lowest BCUT2D eigenvalue weighted by Gasteiger charge is -2.32. The zero-order valence-corrected chi connectivity index (χ0v) is 20.1. The molecule has 5 nitrogen and oxygen atoms in total. The second-order valence-electron chi connectivity index (χ2n) is 9.55. The van der Waals surface area contributed by atoms with Gasteiger partial charge in [-0.1, -0.05) is 42.3 Å². The van der Waals surface area contributed by atoms with E-state index in [1.54, 1.807) is 0 Å². The number of nitrogens with zero attached hydrogens (tertiary/aromatic N) is 4. The normalized spacial score (nSPS) is 14.9. The second kappa shape index (κ2) is 9.30. The molecule has 5 rings (SSSR count). The molecule has 0 radical (unpaired) electrons. The van der Waals surface area contributed by atoms with Gasteiger partial charge in [0.2, 0.25) is 5.82 Å². The number of hydrogen-bond acceptors (Lipinski definition) is 4. The Morgan fingerprint density at radius 1 is 1.11 bits per heavy atom. The summed E-state index contributed by atoms with van der Waals surface area (Å²) in [5, 5.41) is 13.1. The molecule has 4 aromatic rings. The van der Waals surface area contributed by atoms with Gasteiger partial charge in [0.15, 0.2) is 5.82 Å². The Morgan fingerprint density at radius 3 is 2.47 bits per heavy atom. The topological polar surface area (TPSA) is 66.5 Å². The maximum Gasteiger partial charge on any atom is 0.416 e. The third kappa shape index (κ3) is 4.66. The summed E-state index contributed by atoms with van der Waals surface area (Å²) < 4.78 is 41.4. The summed E-state index contributed by atoms with van der Waals surface area (Å²) in [6.07, 6.45) is -0.883. The number of rotatable bonds is 6. The van der Waals surface area contributed by atoms with E-state index in [9.17, 15) is 18.4 Å². The zero-order valence-electron chi connectivity index (χ0n) is 20.1. The van der Waals surface area contributed by atoms with Gasteiger partial charge >= 0.3 is 6.18 Å². The van der Waals surface area contributed by atoms with Crippen LogP contribution in [0.1, 0.15) is 48.7 Å². The predicted octanol–water partition coefficient (Wildman–Crippen LogP) is 6.95. The summed E-state index contributed by atoms with van der Waals surface area (Å²) in [4.78, 5) is 9.00. The third-order valence-corrected chi connectivity index (χ3v) is 7.00. The van der Waals surface area contributed by atoms with E-state index in [2.05, 4.69) is 34.3 Å². The van der Waals surface area contributed by atoms with Gasteiger partial charge in [-0.25, -0.2) is 4.98 Å². The highest BCUT2D eigenvalue weighted by atomic mass is 19.4. The molecule has 36 heavy (non-hydrogen) atoms. The molecular weight excluding hydrogens is 463 g/mol. The van der Waals surface area contributed by atoms with Crippen LogP contribution in [0.4, 0.5) is 19.0 Å². The van der Waals surface area contributed by atoms with Gasteiger partial charge in [-0.05, 0) is 68.0 Å². The molecule has 0 unspecified atom stereocenters. The fourth-order valence-electron chi connectivity index (χ4n) is 4.78. The monoisotopic (exact) mass is 489 g/mol. The zero-order chi connectivity index (χ0) is 25.4. The number of fused-ring (bicyclic) bond motifs is 1. The summed E-state index contributed by atoms with van der Waals surface area (Å²) in [6, 6.07) is 17.4. The van der Waals surface area contributed by atoms with E-state index in [0.717, 1.165) is 52.9 Å². The molecule has 1 fully saturated rings. The molecule has 0 aliphatic heterocycles. The van der Waals surface area contributed by atoms with Gasteiger partial charge in [-0.3, -0.25) is 0 Å². The summed E-state index contributed by atoms with van der Waals surface area (Å²) in [6.45, 7) is 4.45. The highest BCUT2D eigenvalue weighted by molar-refractivity contribution is 5.92. The van der Waals surface area contributed by atoms with Crippen LogP contribution in [-0.4, -0.2) is 20.6 Å². The van der Waals surface area contributed by atoms with E-state index in [1.165, 1.54) is 18.6 Å². The van der Waals surface area contributed by atoms with Crippen molar-refractivity contribution in [2.45, 2.75) is 51.9 Å². The van der Waals surface area contributed by atoms with Gasteiger partial charge in [0, 0.05) is 12.6 Å². The van der Waals surface area contributed by atoms with Crippen molar-refractivity contribution in [3.8, 4) is 17.3 Å². The molecule has 1 aliphatic carbocycles. The molecule has 0 amide bonds. The van der Waals surface area contributed by atoms with Crippen molar-refractivity contribution in [3.63, 3.8) is 0 Å². The fourth-order valence-corrected chi connectivity index (χ4v) is 4.78. The van der Waals surface area contributed by atoms with E-state index >= 15 is 0 Å². The van der Waals surface area contributed by atoms with Crippen molar-refractivity contribution < 1.29 is 13.2 Å². The Balaban J connectivity index is 1.66. The lowest BCUT2D eigenvalue weighted by atomic mass is 9.80. The van der Waals surface area contributed by atoms with Crippen molar-refractivity contribution in [1.82, 2.24) is 14.5 Å². The molecular formula is C28H26F3N5. The van der Waals surface area contributed by atoms with Gasteiger partial charge in [0.25, 0.3) is 0 Å². The highest BCUT2D eigenvalue weighted by Crippen LogP contribution is 2.36. The molecule has 1 N–H and O–H groups in total. The molecule has 0 spiro atoms. The van der Waals surface area contributed by atoms with Crippen LogP contribution >= 0.6 is 0 Å². The summed E-state index contributed by atoms with van der Waals surface area (Å²) in [5.74, 6) is 1.19. The Hall–Kier alpha value is -3.86. The minimum absolute atomic E-state index is 0.0771.